The zero-order valence-corrected chi connectivity index (χ0v) is 8.80. The molecule has 18 heavy (non-hydrogen) atoms. The number of carbonyl (C=O) groups is 1. The van der Waals surface area contributed by atoms with Crippen LogP contribution < -0.4 is 16.5 Å². The Morgan fingerprint density at radius 3 is 2.50 bits per heavy atom. The maximum absolute atomic E-state index is 11.6. The minimum atomic E-state index is -0.830. The smallest absolute Gasteiger partial charge is 0.347 e. The summed E-state index contributed by atoms with van der Waals surface area (Å²) in [5.41, 5.74) is 0.384. The van der Waals surface area contributed by atoms with E-state index in [1.807, 2.05) is 0 Å². The summed E-state index contributed by atoms with van der Waals surface area (Å²) in [6.07, 6.45) is 1.93. The molecule has 2 heterocycles. The molecule has 0 atom stereocenters. The van der Waals surface area contributed by atoms with Crippen LogP contribution in [-0.4, -0.2) is 30.8 Å². The number of hydrogen-bond acceptors (Lipinski definition) is 5. The van der Waals surface area contributed by atoms with Crippen molar-refractivity contribution in [1.82, 2.24) is 14.6 Å². The second-order valence-electron chi connectivity index (χ2n) is 3.32. The van der Waals surface area contributed by atoms with Crippen molar-refractivity contribution in [2.24, 2.45) is 0 Å². The molecule has 0 radical (unpaired) electrons. The van der Waals surface area contributed by atoms with Gasteiger partial charge in [0.05, 0.1) is 6.20 Å². The van der Waals surface area contributed by atoms with Crippen molar-refractivity contribution in [3.05, 3.63) is 44.9 Å². The topological polar surface area (TPSA) is 140 Å². The van der Waals surface area contributed by atoms with Gasteiger partial charge in [-0.1, -0.05) is 0 Å². The Balaban J connectivity index is 2.30. The number of rotatable bonds is 2. The third-order valence-corrected chi connectivity index (χ3v) is 2.11. The fourth-order valence-corrected chi connectivity index (χ4v) is 1.22. The number of imidazole rings is 1. The fourth-order valence-electron chi connectivity index (χ4n) is 1.22. The summed E-state index contributed by atoms with van der Waals surface area (Å²) in [7, 11) is 0. The van der Waals surface area contributed by atoms with Crippen LogP contribution in [0.4, 0.5) is 0 Å². The molecule has 9 nitrogen and oxygen atoms in total. The highest BCUT2D eigenvalue weighted by Crippen LogP contribution is 2.02. The van der Waals surface area contributed by atoms with Gasteiger partial charge in [0.1, 0.15) is 5.69 Å². The first kappa shape index (κ1) is 11.5. The summed E-state index contributed by atoms with van der Waals surface area (Å²) in [5.74, 6) is -1.85. The number of nitrogens with zero attached hydrogens (tertiary/aromatic N) is 1. The maximum atomic E-state index is 11.6. The van der Waals surface area contributed by atoms with Crippen LogP contribution in [0, 0.1) is 0 Å². The summed E-state index contributed by atoms with van der Waals surface area (Å²) < 4.78 is 0.563. The molecule has 2 aromatic heterocycles. The molecule has 0 fully saturated rings. The molecule has 0 spiro atoms. The second kappa shape index (κ2) is 4.13. The molecule has 2 aromatic rings. The van der Waals surface area contributed by atoms with Crippen molar-refractivity contribution in [2.45, 2.75) is 0 Å². The first-order chi connectivity index (χ1) is 8.49. The van der Waals surface area contributed by atoms with E-state index in [0.29, 0.717) is 4.68 Å². The van der Waals surface area contributed by atoms with Gasteiger partial charge in [0.15, 0.2) is 5.75 Å². The van der Waals surface area contributed by atoms with Gasteiger partial charge in [-0.25, -0.2) is 4.79 Å². The van der Waals surface area contributed by atoms with Crippen LogP contribution in [0.25, 0.3) is 0 Å². The van der Waals surface area contributed by atoms with Crippen LogP contribution in [0.5, 0.6) is 11.6 Å². The predicted octanol–water partition coefficient (Wildman–Crippen LogP) is -1.34. The number of aromatic hydroxyl groups is 2. The highest BCUT2D eigenvalue weighted by Gasteiger charge is 2.12. The van der Waals surface area contributed by atoms with E-state index in [0.717, 1.165) is 18.5 Å². The van der Waals surface area contributed by atoms with E-state index in [4.69, 9.17) is 5.11 Å². The van der Waals surface area contributed by atoms with Gasteiger partial charge >= 0.3 is 5.69 Å². The first-order valence-corrected chi connectivity index (χ1v) is 4.71. The number of amides is 1. The number of H-pyrrole nitrogens is 2. The van der Waals surface area contributed by atoms with Gasteiger partial charge in [0, 0.05) is 12.3 Å². The van der Waals surface area contributed by atoms with E-state index in [1.165, 1.54) is 0 Å². The summed E-state index contributed by atoms with van der Waals surface area (Å²) in [6, 6.07) is 0.861. The Hall–Kier alpha value is -2.97. The van der Waals surface area contributed by atoms with Crippen LogP contribution >= 0.6 is 0 Å². The van der Waals surface area contributed by atoms with Crippen LogP contribution in [-0.2, 0) is 0 Å². The SMILES string of the molecule is O=C(Nn1c(O)c[nH]c1=O)c1cc(=O)c(O)c[nH]1. The Morgan fingerprint density at radius 1 is 1.22 bits per heavy atom. The molecular formula is C9H8N4O5. The summed E-state index contributed by atoms with van der Waals surface area (Å²) in [6.45, 7) is 0. The standard InChI is InChI=1S/C9H8N4O5/c14-5-1-4(10-2-6(5)15)8(17)12-13-7(16)3-11-9(13)18/h1-3,15-16H,(H,10,14)(H,11,18)(H,12,17). The van der Waals surface area contributed by atoms with Crippen molar-refractivity contribution in [2.75, 3.05) is 5.43 Å². The van der Waals surface area contributed by atoms with Gasteiger partial charge < -0.3 is 20.2 Å². The van der Waals surface area contributed by atoms with Gasteiger partial charge in [0.25, 0.3) is 5.91 Å². The van der Waals surface area contributed by atoms with E-state index in [1.54, 1.807) is 0 Å². The molecule has 0 bridgehead atoms. The van der Waals surface area contributed by atoms with Gasteiger partial charge in [0.2, 0.25) is 11.3 Å². The lowest BCUT2D eigenvalue weighted by Crippen LogP contribution is -2.32. The maximum Gasteiger partial charge on any atom is 0.347 e. The minimum Gasteiger partial charge on any atom is -0.503 e. The first-order valence-electron chi connectivity index (χ1n) is 4.71. The van der Waals surface area contributed by atoms with Crippen LogP contribution in [0.3, 0.4) is 0 Å². The van der Waals surface area contributed by atoms with Gasteiger partial charge in [-0.05, 0) is 0 Å². The fraction of sp³-hybridized carbons (Fsp3) is 0. The average Bonchev–Trinajstić information content (AvgIpc) is 2.64. The van der Waals surface area contributed by atoms with E-state index < -0.39 is 28.7 Å². The van der Waals surface area contributed by atoms with Gasteiger partial charge in [-0.3, -0.25) is 15.0 Å². The largest absolute Gasteiger partial charge is 0.503 e. The number of carbonyl (C=O) groups excluding carboxylic acids is 1. The van der Waals surface area contributed by atoms with Crippen LogP contribution in [0.2, 0.25) is 0 Å². The normalized spacial score (nSPS) is 10.2. The zero-order valence-electron chi connectivity index (χ0n) is 8.80. The van der Waals surface area contributed by atoms with Crippen molar-refractivity contribution < 1.29 is 15.0 Å². The Morgan fingerprint density at radius 2 is 1.94 bits per heavy atom. The van der Waals surface area contributed by atoms with E-state index in [9.17, 15) is 19.5 Å². The number of pyridine rings is 1. The summed E-state index contributed by atoms with van der Waals surface area (Å²) in [5, 5.41) is 18.2. The molecule has 9 heteroatoms. The van der Waals surface area contributed by atoms with E-state index in [2.05, 4.69) is 15.4 Å². The van der Waals surface area contributed by atoms with Crippen LogP contribution in [0.1, 0.15) is 10.5 Å². The highest BCUT2D eigenvalue weighted by atomic mass is 16.3. The van der Waals surface area contributed by atoms with Crippen molar-refractivity contribution in [1.29, 1.82) is 0 Å². The molecule has 0 aliphatic carbocycles. The van der Waals surface area contributed by atoms with Crippen LogP contribution in [0.15, 0.2) is 28.0 Å². The Bertz CT molecular complexity index is 710. The molecule has 0 aliphatic rings. The van der Waals surface area contributed by atoms with Gasteiger partial charge in [-0.15, -0.1) is 0 Å². The molecule has 0 aliphatic heterocycles. The highest BCUT2D eigenvalue weighted by molar-refractivity contribution is 5.98. The Kier molecular flexibility index (Phi) is 2.64. The lowest BCUT2D eigenvalue weighted by Gasteiger charge is -2.05. The van der Waals surface area contributed by atoms with E-state index >= 15 is 0 Å². The lowest BCUT2D eigenvalue weighted by atomic mass is 10.3. The zero-order chi connectivity index (χ0) is 13.3. The number of hydrogen-bond donors (Lipinski definition) is 5. The molecule has 0 unspecified atom stereocenters. The van der Waals surface area contributed by atoms with Crippen molar-refractivity contribution in [3.8, 4) is 11.6 Å². The molecule has 5 N–H and O–H groups in total. The molecule has 94 valence electrons. The minimum absolute atomic E-state index is 0.176. The molecule has 0 saturated heterocycles. The summed E-state index contributed by atoms with van der Waals surface area (Å²) in [4.78, 5) is 38.4. The molecule has 0 aromatic carbocycles. The predicted molar refractivity (Wildman–Crippen MR) is 59.1 cm³/mol. The third kappa shape index (κ3) is 1.96. The lowest BCUT2D eigenvalue weighted by molar-refractivity contribution is 0.1000. The van der Waals surface area contributed by atoms with E-state index in [-0.39, 0.29) is 5.69 Å². The number of aromatic nitrogens is 3. The third-order valence-electron chi connectivity index (χ3n) is 2.11. The quantitative estimate of drug-likeness (QED) is 0.450. The Labute approximate surface area is 98.3 Å². The second-order valence-corrected chi connectivity index (χ2v) is 3.32. The molecule has 1 amide bonds. The number of nitrogens with one attached hydrogen (secondary N) is 3. The number of aromatic amines is 2. The molecular weight excluding hydrogens is 244 g/mol. The summed E-state index contributed by atoms with van der Waals surface area (Å²) >= 11 is 0. The van der Waals surface area contributed by atoms with Crippen molar-refractivity contribution >= 4 is 5.91 Å². The van der Waals surface area contributed by atoms with Crippen molar-refractivity contribution in [3.63, 3.8) is 0 Å². The average molecular weight is 252 g/mol. The molecule has 0 saturated carbocycles. The van der Waals surface area contributed by atoms with Gasteiger partial charge in [-0.2, -0.15) is 4.68 Å². The molecule has 2 rings (SSSR count). The monoisotopic (exact) mass is 252 g/mol.